The average Bonchev–Trinajstić information content (AvgIpc) is 3.82. The van der Waals surface area contributed by atoms with Crippen LogP contribution in [0.25, 0.3) is 17.1 Å². The van der Waals surface area contributed by atoms with Crippen molar-refractivity contribution in [2.24, 2.45) is 0 Å². The molecular formula is C29H30N10O8. The molecule has 1 saturated carbocycles. The fourth-order valence-corrected chi connectivity index (χ4v) is 5.55. The molecule has 18 heteroatoms. The lowest BCUT2D eigenvalue weighted by Crippen LogP contribution is -2.44. The van der Waals surface area contributed by atoms with Crippen molar-refractivity contribution in [1.29, 1.82) is 0 Å². The maximum absolute atomic E-state index is 11.9. The maximum atomic E-state index is 11.9. The summed E-state index contributed by atoms with van der Waals surface area (Å²) in [5, 5.41) is 52.0. The van der Waals surface area contributed by atoms with Gasteiger partial charge in [0.2, 0.25) is 12.2 Å². The third-order valence-electron chi connectivity index (χ3n) is 7.94. The first-order valence-corrected chi connectivity index (χ1v) is 14.3. The minimum absolute atomic E-state index is 0.0801. The number of nitrogens with zero attached hydrogens (tertiary/aromatic N) is 8. The molecular weight excluding hydrogens is 616 g/mol. The van der Waals surface area contributed by atoms with E-state index in [1.54, 1.807) is 14.2 Å². The third kappa shape index (κ3) is 6.11. The van der Waals surface area contributed by atoms with E-state index in [4.69, 9.17) is 14.6 Å². The minimum Gasteiger partial charge on any atom is -0.497 e. The Morgan fingerprint density at radius 3 is 2.19 bits per heavy atom. The van der Waals surface area contributed by atoms with Crippen LogP contribution in [0.4, 0.5) is 11.8 Å². The summed E-state index contributed by atoms with van der Waals surface area (Å²) in [6.07, 6.45) is -0.0889. The standard InChI is InChI=1S/C29H30N10O8/c1-46-17-7-3-15(4-8-17)22(16-5-9-18(47-2)10-6-16)33-26-23-27(35-29(34-26)38-14-31-28(36-38)39(44)45)37(13-30-23)20-11-19(24(42)25(20)43)32-21(41)12-40/h3-10,13-14,19-20,22,24-25,40,42-43H,11-12H2,1-2H3,(H,32,41)(H,33,34,35)/t19-,20+,24+,25-/m0/s1. The topological polar surface area (TPSA) is 238 Å². The maximum Gasteiger partial charge on any atom is 0.491 e. The highest BCUT2D eigenvalue weighted by molar-refractivity contribution is 5.84. The molecule has 0 bridgehead atoms. The zero-order valence-electron chi connectivity index (χ0n) is 25.0. The van der Waals surface area contributed by atoms with Crippen LogP contribution < -0.4 is 20.1 Å². The zero-order chi connectivity index (χ0) is 33.2. The van der Waals surface area contributed by atoms with Crippen LogP contribution >= 0.6 is 0 Å². The number of hydrogen-bond donors (Lipinski definition) is 5. The van der Waals surface area contributed by atoms with Gasteiger partial charge in [0.15, 0.2) is 17.0 Å². The van der Waals surface area contributed by atoms with Crippen LogP contribution in [-0.4, -0.2) is 99.5 Å². The number of aliphatic hydroxyl groups is 3. The summed E-state index contributed by atoms with van der Waals surface area (Å²) in [6, 6.07) is 12.6. The summed E-state index contributed by atoms with van der Waals surface area (Å²) in [5.74, 6) is 0.0742. The number of hydrogen-bond acceptors (Lipinski definition) is 14. The van der Waals surface area contributed by atoms with Crippen LogP contribution in [0.3, 0.4) is 0 Å². The normalized spacial score (nSPS) is 19.2. The van der Waals surface area contributed by atoms with Crippen LogP contribution in [0.5, 0.6) is 11.5 Å². The highest BCUT2D eigenvalue weighted by atomic mass is 16.6. The number of carbonyl (C=O) groups excluding carboxylic acids is 1. The van der Waals surface area contributed by atoms with Gasteiger partial charge >= 0.3 is 5.95 Å². The summed E-state index contributed by atoms with van der Waals surface area (Å²) in [5.41, 5.74) is 2.14. The molecule has 2 aromatic carbocycles. The van der Waals surface area contributed by atoms with Gasteiger partial charge in [0.05, 0.1) is 38.7 Å². The highest BCUT2D eigenvalue weighted by Gasteiger charge is 2.44. The Labute approximate surface area is 265 Å². The minimum atomic E-state index is -1.35. The fraction of sp³-hybridized carbons (Fsp3) is 0.310. The SMILES string of the molecule is COc1ccc(C(Nc2nc(-n3cnc([N+](=O)[O-])n3)nc3c2ncn3[C@@H]2C[C@H](NC(=O)CO)[C@@H](O)[C@H]2O)c2ccc(OC)cc2)cc1. The molecule has 5 N–H and O–H groups in total. The number of methoxy groups -OCH3 is 2. The molecule has 18 nitrogen and oxygen atoms in total. The molecule has 47 heavy (non-hydrogen) atoms. The van der Waals surface area contributed by atoms with Crippen LogP contribution in [0.2, 0.25) is 0 Å². The second-order valence-corrected chi connectivity index (χ2v) is 10.7. The molecule has 0 saturated heterocycles. The smallest absolute Gasteiger partial charge is 0.491 e. The number of rotatable bonds is 11. The van der Waals surface area contributed by atoms with E-state index in [0.717, 1.165) is 22.1 Å². The van der Waals surface area contributed by atoms with Crippen LogP contribution in [0.15, 0.2) is 61.2 Å². The molecule has 3 aromatic heterocycles. The van der Waals surface area contributed by atoms with Gasteiger partial charge in [-0.2, -0.15) is 9.97 Å². The van der Waals surface area contributed by atoms with E-state index < -0.39 is 53.7 Å². The molecule has 1 aliphatic carbocycles. The van der Waals surface area contributed by atoms with Crippen molar-refractivity contribution in [3.05, 3.63) is 82.4 Å². The predicted molar refractivity (Wildman–Crippen MR) is 163 cm³/mol. The van der Waals surface area contributed by atoms with E-state index in [9.17, 15) is 25.1 Å². The molecule has 1 fully saturated rings. The molecule has 6 rings (SSSR count). The molecule has 0 spiro atoms. The summed E-state index contributed by atoms with van der Waals surface area (Å²) >= 11 is 0. The van der Waals surface area contributed by atoms with E-state index in [1.165, 1.54) is 10.9 Å². The summed E-state index contributed by atoms with van der Waals surface area (Å²) < 4.78 is 13.3. The largest absolute Gasteiger partial charge is 0.497 e. The van der Waals surface area contributed by atoms with Crippen molar-refractivity contribution < 1.29 is 34.5 Å². The zero-order valence-corrected chi connectivity index (χ0v) is 25.0. The lowest BCUT2D eigenvalue weighted by molar-refractivity contribution is -0.394. The molecule has 3 heterocycles. The first kappa shape index (κ1) is 31.3. The van der Waals surface area contributed by atoms with Gasteiger partial charge in [-0.3, -0.25) is 4.79 Å². The number of aromatic nitrogens is 7. The van der Waals surface area contributed by atoms with E-state index in [1.807, 2.05) is 48.5 Å². The Bertz CT molecular complexity index is 1850. The van der Waals surface area contributed by atoms with Crippen LogP contribution in [-0.2, 0) is 4.79 Å². The van der Waals surface area contributed by atoms with Crippen LogP contribution in [0.1, 0.15) is 29.6 Å². The van der Waals surface area contributed by atoms with Gasteiger partial charge in [0.1, 0.15) is 30.3 Å². The van der Waals surface area contributed by atoms with Crippen molar-refractivity contribution in [2.45, 2.75) is 36.8 Å². The van der Waals surface area contributed by atoms with Gasteiger partial charge < -0.3 is 50.1 Å². The lowest BCUT2D eigenvalue weighted by Gasteiger charge is -2.22. The summed E-state index contributed by atoms with van der Waals surface area (Å²) in [4.78, 5) is 39.9. The number of imidazole rings is 1. The fourth-order valence-electron chi connectivity index (χ4n) is 5.55. The average molecular weight is 647 g/mol. The Morgan fingerprint density at radius 2 is 1.64 bits per heavy atom. The number of amides is 1. The Balaban J connectivity index is 1.47. The van der Waals surface area contributed by atoms with E-state index >= 15 is 0 Å². The number of benzene rings is 2. The van der Waals surface area contributed by atoms with Gasteiger partial charge in [0, 0.05) is 5.10 Å². The monoisotopic (exact) mass is 646 g/mol. The molecule has 0 radical (unpaired) electrons. The number of aliphatic hydroxyl groups excluding tert-OH is 3. The summed E-state index contributed by atoms with van der Waals surface area (Å²) in [6.45, 7) is -0.781. The highest BCUT2D eigenvalue weighted by Crippen LogP contribution is 2.36. The van der Waals surface area contributed by atoms with Crippen molar-refractivity contribution in [3.63, 3.8) is 0 Å². The van der Waals surface area contributed by atoms with Crippen molar-refractivity contribution in [2.75, 3.05) is 26.1 Å². The Hall–Kier alpha value is -5.72. The number of anilines is 1. The molecule has 1 aliphatic rings. The second-order valence-electron chi connectivity index (χ2n) is 10.7. The van der Waals surface area contributed by atoms with Gasteiger partial charge in [-0.15, -0.1) is 4.68 Å². The lowest BCUT2D eigenvalue weighted by atomic mass is 9.98. The number of nitrogens with one attached hydrogen (secondary N) is 2. The Kier molecular flexibility index (Phi) is 8.61. The van der Waals surface area contributed by atoms with E-state index in [-0.39, 0.29) is 29.4 Å². The van der Waals surface area contributed by atoms with Crippen molar-refractivity contribution in [1.82, 2.24) is 39.6 Å². The first-order valence-electron chi connectivity index (χ1n) is 14.3. The van der Waals surface area contributed by atoms with Gasteiger partial charge in [-0.1, -0.05) is 29.2 Å². The van der Waals surface area contributed by atoms with Crippen molar-refractivity contribution in [3.8, 4) is 17.4 Å². The number of nitro groups is 1. The van der Waals surface area contributed by atoms with Gasteiger partial charge in [0.25, 0.3) is 5.95 Å². The van der Waals surface area contributed by atoms with Crippen molar-refractivity contribution >= 4 is 28.8 Å². The third-order valence-corrected chi connectivity index (χ3v) is 7.94. The molecule has 5 aromatic rings. The molecule has 4 atom stereocenters. The number of carbonyl (C=O) groups is 1. The molecule has 244 valence electrons. The van der Waals surface area contributed by atoms with Crippen LogP contribution in [0, 0.1) is 10.1 Å². The summed E-state index contributed by atoms with van der Waals surface area (Å²) in [7, 11) is 3.14. The predicted octanol–water partition coefficient (Wildman–Crippen LogP) is 0.678. The quantitative estimate of drug-likeness (QED) is 0.0980. The number of fused-ring (bicyclic) bond motifs is 1. The molecule has 1 amide bonds. The van der Waals surface area contributed by atoms with E-state index in [0.29, 0.717) is 11.5 Å². The Morgan fingerprint density at radius 1 is 1.00 bits per heavy atom. The van der Waals surface area contributed by atoms with Gasteiger partial charge in [-0.25, -0.2) is 4.98 Å². The molecule has 0 aliphatic heterocycles. The first-order chi connectivity index (χ1) is 22.7. The number of ether oxygens (including phenoxy) is 2. The van der Waals surface area contributed by atoms with E-state index in [2.05, 4.69) is 35.7 Å². The molecule has 0 unspecified atom stereocenters. The van der Waals surface area contributed by atoms with Gasteiger partial charge in [-0.05, 0) is 46.7 Å². The second kappa shape index (κ2) is 12.9.